The Morgan fingerprint density at radius 3 is 2.67 bits per heavy atom. The number of aromatic nitrogens is 3. The zero-order chi connectivity index (χ0) is 10.7. The van der Waals surface area contributed by atoms with Crippen molar-refractivity contribution in [3.05, 3.63) is 53.6 Å². The highest BCUT2D eigenvalue weighted by molar-refractivity contribution is 6.08. The number of carbonyl (C=O) groups is 1. The number of hydrogen-bond donors (Lipinski definition) is 0. The molecule has 4 nitrogen and oxygen atoms in total. The van der Waals surface area contributed by atoms with Crippen LogP contribution in [0.5, 0.6) is 0 Å². The van der Waals surface area contributed by atoms with Gasteiger partial charge in [-0.3, -0.25) is 9.78 Å². The van der Waals surface area contributed by atoms with Crippen molar-refractivity contribution in [2.75, 3.05) is 0 Å². The van der Waals surface area contributed by atoms with Gasteiger partial charge < -0.3 is 0 Å². The fourth-order valence-corrected chi connectivity index (χ4v) is 1.27. The Labute approximate surface area is 87.0 Å². The maximum Gasteiger partial charge on any atom is 0.196 e. The molecule has 4 heteroatoms. The summed E-state index contributed by atoms with van der Waals surface area (Å²) in [5.41, 5.74) is 2.06. The molecule has 0 saturated carbocycles. The van der Waals surface area contributed by atoms with E-state index >= 15 is 0 Å². The van der Waals surface area contributed by atoms with Gasteiger partial charge in [0.2, 0.25) is 0 Å². The lowest BCUT2D eigenvalue weighted by Crippen LogP contribution is -2.03. The van der Waals surface area contributed by atoms with Crippen LogP contribution in [-0.2, 0) is 0 Å². The first-order valence-electron chi connectivity index (χ1n) is 4.50. The third-order valence-electron chi connectivity index (χ3n) is 1.98. The van der Waals surface area contributed by atoms with Gasteiger partial charge in [-0.15, -0.1) is 0 Å². The highest BCUT2D eigenvalue weighted by atomic mass is 16.1. The molecule has 2 heterocycles. The lowest BCUT2D eigenvalue weighted by molar-refractivity contribution is 0.103. The second-order valence-corrected chi connectivity index (χ2v) is 3.21. The normalized spacial score (nSPS) is 9.93. The van der Waals surface area contributed by atoms with E-state index in [1.807, 2.05) is 6.92 Å². The predicted molar refractivity (Wildman–Crippen MR) is 54.4 cm³/mol. The van der Waals surface area contributed by atoms with Gasteiger partial charge in [-0.25, -0.2) is 0 Å². The molecular formula is C11H9N3O. The molecule has 2 rings (SSSR count). The molecule has 2 aromatic heterocycles. The summed E-state index contributed by atoms with van der Waals surface area (Å²) in [6, 6.07) is 3.44. The van der Waals surface area contributed by atoms with Gasteiger partial charge in [0.1, 0.15) is 0 Å². The minimum Gasteiger partial charge on any atom is -0.288 e. The van der Waals surface area contributed by atoms with E-state index in [0.29, 0.717) is 11.1 Å². The van der Waals surface area contributed by atoms with Crippen LogP contribution in [0.4, 0.5) is 0 Å². The quantitative estimate of drug-likeness (QED) is 0.686. The van der Waals surface area contributed by atoms with E-state index < -0.39 is 0 Å². The number of nitrogens with zero attached hydrogens (tertiary/aromatic N) is 3. The van der Waals surface area contributed by atoms with Gasteiger partial charge in [0.05, 0.1) is 12.4 Å². The fraction of sp³-hybridized carbons (Fsp3) is 0.0909. The Hall–Kier alpha value is -2.10. The van der Waals surface area contributed by atoms with Crippen molar-refractivity contribution < 1.29 is 4.79 Å². The molecule has 0 aliphatic heterocycles. The van der Waals surface area contributed by atoms with Crippen LogP contribution in [0.3, 0.4) is 0 Å². The molecular weight excluding hydrogens is 190 g/mol. The summed E-state index contributed by atoms with van der Waals surface area (Å²) in [6.07, 6.45) is 6.21. The van der Waals surface area contributed by atoms with E-state index in [2.05, 4.69) is 15.2 Å². The SMILES string of the molecule is Cc1cncc(C(=O)c2ccnnc2)c1. The second kappa shape index (κ2) is 3.96. The number of ketones is 1. The lowest BCUT2D eigenvalue weighted by atomic mass is 10.1. The minimum atomic E-state index is -0.0823. The van der Waals surface area contributed by atoms with Crippen LogP contribution < -0.4 is 0 Å². The molecule has 0 aromatic carbocycles. The Morgan fingerprint density at radius 2 is 2.00 bits per heavy atom. The van der Waals surface area contributed by atoms with Crippen LogP contribution in [0.25, 0.3) is 0 Å². The van der Waals surface area contributed by atoms with Gasteiger partial charge in [-0.05, 0) is 24.6 Å². The summed E-state index contributed by atoms with van der Waals surface area (Å²) in [7, 11) is 0. The molecule has 15 heavy (non-hydrogen) atoms. The highest BCUT2D eigenvalue weighted by Crippen LogP contribution is 2.08. The summed E-state index contributed by atoms with van der Waals surface area (Å²) >= 11 is 0. The monoisotopic (exact) mass is 199 g/mol. The van der Waals surface area contributed by atoms with Gasteiger partial charge in [-0.1, -0.05) is 0 Å². The van der Waals surface area contributed by atoms with Gasteiger partial charge in [-0.2, -0.15) is 10.2 Å². The predicted octanol–water partition coefficient (Wildman–Crippen LogP) is 1.41. The van der Waals surface area contributed by atoms with Gasteiger partial charge in [0, 0.05) is 23.5 Å². The number of pyridine rings is 1. The van der Waals surface area contributed by atoms with Crippen molar-refractivity contribution in [1.82, 2.24) is 15.2 Å². The fourth-order valence-electron chi connectivity index (χ4n) is 1.27. The average molecular weight is 199 g/mol. The Morgan fingerprint density at radius 1 is 1.13 bits per heavy atom. The molecule has 0 aliphatic rings. The molecule has 0 fully saturated rings. The number of carbonyl (C=O) groups excluding carboxylic acids is 1. The zero-order valence-electron chi connectivity index (χ0n) is 8.21. The van der Waals surface area contributed by atoms with Crippen molar-refractivity contribution in [1.29, 1.82) is 0 Å². The van der Waals surface area contributed by atoms with Crippen molar-refractivity contribution in [3.8, 4) is 0 Å². The minimum absolute atomic E-state index is 0.0823. The third kappa shape index (κ3) is 2.04. The Kier molecular flexibility index (Phi) is 2.49. The molecule has 0 spiro atoms. The van der Waals surface area contributed by atoms with Crippen molar-refractivity contribution in [2.24, 2.45) is 0 Å². The maximum absolute atomic E-state index is 11.9. The topological polar surface area (TPSA) is 55.7 Å². The van der Waals surface area contributed by atoms with Crippen LogP contribution in [0.15, 0.2) is 36.9 Å². The van der Waals surface area contributed by atoms with Crippen molar-refractivity contribution >= 4 is 5.78 Å². The van der Waals surface area contributed by atoms with E-state index in [0.717, 1.165) is 5.56 Å². The molecule has 0 amide bonds. The lowest BCUT2D eigenvalue weighted by Gasteiger charge is -2.00. The van der Waals surface area contributed by atoms with Gasteiger partial charge >= 0.3 is 0 Å². The summed E-state index contributed by atoms with van der Waals surface area (Å²) in [6.45, 7) is 1.90. The van der Waals surface area contributed by atoms with E-state index in [9.17, 15) is 4.79 Å². The highest BCUT2D eigenvalue weighted by Gasteiger charge is 2.09. The molecule has 0 N–H and O–H groups in total. The molecule has 0 saturated heterocycles. The number of aryl methyl sites for hydroxylation is 1. The first-order valence-corrected chi connectivity index (χ1v) is 4.50. The van der Waals surface area contributed by atoms with Crippen LogP contribution in [-0.4, -0.2) is 21.0 Å². The van der Waals surface area contributed by atoms with Crippen LogP contribution in [0.1, 0.15) is 21.5 Å². The van der Waals surface area contributed by atoms with E-state index in [1.165, 1.54) is 12.4 Å². The largest absolute Gasteiger partial charge is 0.288 e. The van der Waals surface area contributed by atoms with Crippen LogP contribution in [0.2, 0.25) is 0 Å². The molecule has 74 valence electrons. The molecule has 0 unspecified atom stereocenters. The van der Waals surface area contributed by atoms with E-state index in [4.69, 9.17) is 0 Å². The summed E-state index contributed by atoms with van der Waals surface area (Å²) in [5.74, 6) is -0.0823. The maximum atomic E-state index is 11.9. The van der Waals surface area contributed by atoms with E-state index in [1.54, 1.807) is 24.5 Å². The number of hydrogen-bond acceptors (Lipinski definition) is 4. The molecule has 0 aliphatic carbocycles. The van der Waals surface area contributed by atoms with Crippen LogP contribution in [0, 0.1) is 6.92 Å². The van der Waals surface area contributed by atoms with E-state index in [-0.39, 0.29) is 5.78 Å². The summed E-state index contributed by atoms with van der Waals surface area (Å²) in [4.78, 5) is 15.9. The molecule has 0 bridgehead atoms. The first kappa shape index (κ1) is 9.45. The van der Waals surface area contributed by atoms with Crippen molar-refractivity contribution in [3.63, 3.8) is 0 Å². The molecule has 0 radical (unpaired) electrons. The van der Waals surface area contributed by atoms with Crippen LogP contribution >= 0.6 is 0 Å². The molecule has 2 aromatic rings. The summed E-state index contributed by atoms with van der Waals surface area (Å²) < 4.78 is 0. The standard InChI is InChI=1S/C11H9N3O/c1-8-4-10(6-12-5-8)11(15)9-2-3-13-14-7-9/h2-7H,1H3. The Bertz CT molecular complexity index is 482. The van der Waals surface area contributed by atoms with Crippen molar-refractivity contribution in [2.45, 2.75) is 6.92 Å². The average Bonchev–Trinajstić information content (AvgIpc) is 2.29. The third-order valence-corrected chi connectivity index (χ3v) is 1.98. The van der Waals surface area contributed by atoms with Gasteiger partial charge in [0.15, 0.2) is 5.78 Å². The Balaban J connectivity index is 2.37. The smallest absolute Gasteiger partial charge is 0.196 e. The summed E-state index contributed by atoms with van der Waals surface area (Å²) in [5, 5.41) is 7.28. The molecule has 0 atom stereocenters. The first-order chi connectivity index (χ1) is 7.27. The zero-order valence-corrected chi connectivity index (χ0v) is 8.21. The second-order valence-electron chi connectivity index (χ2n) is 3.21. The number of rotatable bonds is 2. The van der Waals surface area contributed by atoms with Gasteiger partial charge in [0.25, 0.3) is 0 Å².